The molecule has 16 heavy (non-hydrogen) atoms. The molecule has 0 aliphatic heterocycles. The van der Waals surface area contributed by atoms with Crippen LogP contribution in [0.5, 0.6) is 0 Å². The average molecular weight is 217 g/mol. The molecule has 0 amide bonds. The molecule has 84 valence electrons. The van der Waals surface area contributed by atoms with Crippen molar-refractivity contribution >= 4 is 0 Å². The van der Waals surface area contributed by atoms with Gasteiger partial charge in [0.25, 0.3) is 0 Å². The Balaban J connectivity index is 0.000000606. The van der Waals surface area contributed by atoms with E-state index in [1.165, 1.54) is 6.07 Å². The topological polar surface area (TPSA) is 58.6 Å². The Labute approximate surface area is 94.4 Å². The number of nitrogens with zero attached hydrogens (tertiary/aromatic N) is 2. The smallest absolute Gasteiger partial charge is 0.208 e. The summed E-state index contributed by atoms with van der Waals surface area (Å²) in [6.07, 6.45) is 3.28. The van der Waals surface area contributed by atoms with E-state index in [4.69, 9.17) is 0 Å². The fourth-order valence-corrected chi connectivity index (χ4v) is 1.21. The monoisotopic (exact) mass is 217 g/mol. The van der Waals surface area contributed by atoms with Crippen molar-refractivity contribution in [2.24, 2.45) is 0 Å². The van der Waals surface area contributed by atoms with Crippen LogP contribution in [0.1, 0.15) is 19.5 Å². The highest BCUT2D eigenvalue weighted by molar-refractivity contribution is 5.56. The molecule has 0 aliphatic carbocycles. The molecule has 0 aromatic carbocycles. The molecule has 0 fully saturated rings. The van der Waals surface area contributed by atoms with Gasteiger partial charge in [-0.05, 0) is 19.1 Å². The second-order valence-electron chi connectivity index (χ2n) is 3.01. The number of H-pyrrole nitrogens is 1. The summed E-state index contributed by atoms with van der Waals surface area (Å²) >= 11 is 0. The number of aromatic nitrogens is 3. The van der Waals surface area contributed by atoms with Crippen molar-refractivity contribution in [3.05, 3.63) is 46.5 Å². The number of hydrogen-bond donors (Lipinski definition) is 1. The van der Waals surface area contributed by atoms with Crippen molar-refractivity contribution in [1.82, 2.24) is 15.2 Å². The van der Waals surface area contributed by atoms with Crippen molar-refractivity contribution < 1.29 is 0 Å². The number of hydrogen-bond acceptors (Lipinski definition) is 3. The molecule has 0 unspecified atom stereocenters. The molecule has 0 spiro atoms. The molecule has 0 saturated heterocycles. The van der Waals surface area contributed by atoms with Gasteiger partial charge in [0.2, 0.25) is 5.43 Å². The number of aryl methyl sites for hydroxylation is 1. The third-order valence-electron chi connectivity index (χ3n) is 1.86. The molecule has 0 saturated carbocycles. The average Bonchev–Trinajstić information content (AvgIpc) is 2.33. The summed E-state index contributed by atoms with van der Waals surface area (Å²) in [4.78, 5) is 15.5. The van der Waals surface area contributed by atoms with Gasteiger partial charge in [0.15, 0.2) is 0 Å². The maximum Gasteiger partial charge on any atom is 0.208 e. The molecule has 1 N–H and O–H groups in total. The second kappa shape index (κ2) is 5.80. The summed E-state index contributed by atoms with van der Waals surface area (Å²) in [5.41, 5.74) is 1.80. The fourth-order valence-electron chi connectivity index (χ4n) is 1.21. The minimum absolute atomic E-state index is 0.0887. The molecular weight excluding hydrogens is 202 g/mol. The standard InChI is InChI=1S/C10H9N3O.C2H6/c1-7-5-9(14)10(13-12-7)8-3-2-4-11-6-8;1-2/h2-6H,1H3,(H,12,14);1-2H3. The van der Waals surface area contributed by atoms with Crippen LogP contribution in [0.15, 0.2) is 35.4 Å². The van der Waals surface area contributed by atoms with E-state index >= 15 is 0 Å². The zero-order valence-corrected chi connectivity index (χ0v) is 9.69. The van der Waals surface area contributed by atoms with Crippen LogP contribution in [0.2, 0.25) is 0 Å². The number of nitrogens with one attached hydrogen (secondary N) is 1. The number of rotatable bonds is 1. The van der Waals surface area contributed by atoms with Crippen LogP contribution in [0.3, 0.4) is 0 Å². The van der Waals surface area contributed by atoms with Gasteiger partial charge in [-0.25, -0.2) is 0 Å². The van der Waals surface area contributed by atoms with Crippen LogP contribution in [0.4, 0.5) is 0 Å². The Morgan fingerprint density at radius 3 is 2.62 bits per heavy atom. The summed E-state index contributed by atoms with van der Waals surface area (Å²) in [6.45, 7) is 5.79. The first kappa shape index (κ1) is 12.1. The first-order valence-corrected chi connectivity index (χ1v) is 5.24. The van der Waals surface area contributed by atoms with E-state index < -0.39 is 0 Å². The molecule has 0 radical (unpaired) electrons. The second-order valence-corrected chi connectivity index (χ2v) is 3.01. The fraction of sp³-hybridized carbons (Fsp3) is 0.250. The quantitative estimate of drug-likeness (QED) is 0.796. The first-order valence-electron chi connectivity index (χ1n) is 5.24. The summed E-state index contributed by atoms with van der Waals surface area (Å²) < 4.78 is 0. The Morgan fingerprint density at radius 2 is 2.06 bits per heavy atom. The molecule has 4 heteroatoms. The highest BCUT2D eigenvalue weighted by atomic mass is 16.1. The molecular formula is C12H15N3O. The lowest BCUT2D eigenvalue weighted by molar-refractivity contribution is 0.974. The molecule has 2 heterocycles. The summed E-state index contributed by atoms with van der Waals surface area (Å²) in [6, 6.07) is 5.10. The maximum atomic E-state index is 11.5. The van der Waals surface area contributed by atoms with E-state index in [2.05, 4.69) is 15.2 Å². The van der Waals surface area contributed by atoms with Gasteiger partial charge in [0.05, 0.1) is 0 Å². The van der Waals surface area contributed by atoms with Gasteiger partial charge in [-0.15, -0.1) is 0 Å². The van der Waals surface area contributed by atoms with Crippen LogP contribution in [0.25, 0.3) is 11.3 Å². The zero-order chi connectivity index (χ0) is 12.0. The normalized spacial score (nSPS) is 9.19. The van der Waals surface area contributed by atoms with Crippen molar-refractivity contribution in [2.45, 2.75) is 20.8 Å². The number of aromatic amines is 1. The van der Waals surface area contributed by atoms with E-state index in [1.54, 1.807) is 31.5 Å². The van der Waals surface area contributed by atoms with Gasteiger partial charge < -0.3 is 0 Å². The molecule has 4 nitrogen and oxygen atoms in total. The molecule has 0 bridgehead atoms. The zero-order valence-electron chi connectivity index (χ0n) is 9.69. The predicted molar refractivity (Wildman–Crippen MR) is 64.2 cm³/mol. The van der Waals surface area contributed by atoms with E-state index in [1.807, 2.05) is 13.8 Å². The Hall–Kier alpha value is -1.97. The Morgan fingerprint density at radius 1 is 1.31 bits per heavy atom. The van der Waals surface area contributed by atoms with Crippen LogP contribution < -0.4 is 5.43 Å². The predicted octanol–water partition coefficient (Wildman–Crippen LogP) is 2.17. The van der Waals surface area contributed by atoms with E-state index in [-0.39, 0.29) is 5.43 Å². The van der Waals surface area contributed by atoms with Crippen LogP contribution >= 0.6 is 0 Å². The summed E-state index contributed by atoms with van der Waals surface area (Å²) in [5.74, 6) is 0. The van der Waals surface area contributed by atoms with Gasteiger partial charge in [-0.3, -0.25) is 14.9 Å². The van der Waals surface area contributed by atoms with Crippen LogP contribution in [-0.4, -0.2) is 15.2 Å². The van der Waals surface area contributed by atoms with Gasteiger partial charge in [0.1, 0.15) is 5.69 Å². The largest absolute Gasteiger partial charge is 0.287 e. The van der Waals surface area contributed by atoms with Crippen molar-refractivity contribution in [3.8, 4) is 11.3 Å². The molecule has 2 rings (SSSR count). The Bertz CT molecular complexity index is 491. The molecule has 2 aromatic heterocycles. The molecule has 0 atom stereocenters. The van der Waals surface area contributed by atoms with Gasteiger partial charge in [0, 0.05) is 29.7 Å². The minimum atomic E-state index is -0.0887. The van der Waals surface area contributed by atoms with Gasteiger partial charge in [-0.2, -0.15) is 5.10 Å². The maximum absolute atomic E-state index is 11.5. The third-order valence-corrected chi connectivity index (χ3v) is 1.86. The lowest BCUT2D eigenvalue weighted by atomic mass is 10.2. The van der Waals surface area contributed by atoms with Crippen LogP contribution in [0, 0.1) is 6.92 Å². The van der Waals surface area contributed by atoms with Gasteiger partial charge >= 0.3 is 0 Å². The Kier molecular flexibility index (Phi) is 4.39. The van der Waals surface area contributed by atoms with Crippen molar-refractivity contribution in [3.63, 3.8) is 0 Å². The third kappa shape index (κ3) is 2.76. The van der Waals surface area contributed by atoms with Crippen molar-refractivity contribution in [1.29, 1.82) is 0 Å². The lowest BCUT2D eigenvalue weighted by Gasteiger charge is -1.98. The lowest BCUT2D eigenvalue weighted by Crippen LogP contribution is -2.08. The summed E-state index contributed by atoms with van der Waals surface area (Å²) in [7, 11) is 0. The number of pyridine rings is 1. The van der Waals surface area contributed by atoms with Gasteiger partial charge in [-0.1, -0.05) is 13.8 Å². The summed E-state index contributed by atoms with van der Waals surface area (Å²) in [5, 5.41) is 6.73. The van der Waals surface area contributed by atoms with E-state index in [9.17, 15) is 4.79 Å². The van der Waals surface area contributed by atoms with Crippen molar-refractivity contribution in [2.75, 3.05) is 0 Å². The molecule has 0 aliphatic rings. The minimum Gasteiger partial charge on any atom is -0.287 e. The first-order chi connectivity index (χ1) is 7.77. The highest BCUT2D eigenvalue weighted by Gasteiger charge is 2.03. The molecule has 2 aromatic rings. The SMILES string of the molecule is CC.Cc1cc(=O)c(-c2cccnc2)n[nH]1. The van der Waals surface area contributed by atoms with E-state index in [0.29, 0.717) is 5.69 Å². The van der Waals surface area contributed by atoms with Crippen LogP contribution in [-0.2, 0) is 0 Å². The van der Waals surface area contributed by atoms with E-state index in [0.717, 1.165) is 11.3 Å². The highest BCUT2D eigenvalue weighted by Crippen LogP contribution is 2.08.